The molecule has 4 aliphatic rings. The quantitative estimate of drug-likeness (QED) is 0.605. The number of likely N-dealkylation sites (N-methyl/N-ethyl adjacent to an activating group) is 1. The second-order valence-corrected chi connectivity index (χ2v) is 7.28. The van der Waals surface area contributed by atoms with Gasteiger partial charge in [-0.1, -0.05) is 6.07 Å². The summed E-state index contributed by atoms with van der Waals surface area (Å²) in [6.07, 6.45) is 3.21. The molecule has 0 amide bonds. The van der Waals surface area contributed by atoms with Gasteiger partial charge in [0.25, 0.3) is 0 Å². The molecule has 5 atom stereocenters. The normalized spacial score (nSPS) is 44.4. The highest BCUT2D eigenvalue weighted by Crippen LogP contribution is 2.64. The molecule has 22 heavy (non-hydrogen) atoms. The van der Waals surface area contributed by atoms with Crippen LogP contribution in [-0.2, 0) is 11.8 Å². The molecule has 1 saturated heterocycles. The van der Waals surface area contributed by atoms with Crippen LogP contribution in [0, 0.1) is 0 Å². The van der Waals surface area contributed by atoms with Crippen LogP contribution < -0.4 is 15.4 Å². The molecule has 5 nitrogen and oxygen atoms in total. The molecule has 1 aromatic rings. The lowest BCUT2D eigenvalue weighted by atomic mass is 9.49. The summed E-state index contributed by atoms with van der Waals surface area (Å²) in [5.41, 5.74) is 1.12. The first-order chi connectivity index (χ1) is 10.6. The molecule has 1 aromatic carbocycles. The van der Waals surface area contributed by atoms with Gasteiger partial charge in [-0.3, -0.25) is 0 Å². The molecule has 2 fully saturated rings. The molecule has 5 heteroatoms. The maximum absolute atomic E-state index is 11.7. The predicted octanol–water partition coefficient (Wildman–Crippen LogP) is 0.422. The van der Waals surface area contributed by atoms with E-state index in [0.717, 1.165) is 37.8 Å². The minimum atomic E-state index is -0.782. The van der Waals surface area contributed by atoms with Gasteiger partial charge in [-0.2, -0.15) is 0 Å². The van der Waals surface area contributed by atoms with Gasteiger partial charge in [-0.25, -0.2) is 0 Å². The van der Waals surface area contributed by atoms with Gasteiger partial charge in [0.2, 0.25) is 0 Å². The predicted molar refractivity (Wildman–Crippen MR) is 81.3 cm³/mol. The summed E-state index contributed by atoms with van der Waals surface area (Å²) in [5, 5.41) is 28.9. The van der Waals surface area contributed by atoms with Crippen molar-refractivity contribution in [3.63, 3.8) is 0 Å². The summed E-state index contributed by atoms with van der Waals surface area (Å²) in [7, 11) is 1.96. The Balaban J connectivity index is 1.83. The largest absolute Gasteiger partial charge is 0.504 e. The topological polar surface area (TPSA) is 73.8 Å². The number of phenols is 1. The maximum atomic E-state index is 11.7. The third kappa shape index (κ3) is 1.21. The van der Waals surface area contributed by atoms with Crippen LogP contribution in [0.25, 0.3) is 0 Å². The zero-order valence-electron chi connectivity index (χ0n) is 12.7. The van der Waals surface area contributed by atoms with Crippen molar-refractivity contribution in [1.82, 2.24) is 10.6 Å². The molecule has 118 valence electrons. The molecule has 0 radical (unpaired) electrons. The summed E-state index contributed by atoms with van der Waals surface area (Å²) in [5.74, 6) is 0.820. The van der Waals surface area contributed by atoms with Gasteiger partial charge < -0.3 is 25.6 Å². The lowest BCUT2D eigenvalue weighted by Crippen LogP contribution is -2.77. The molecule has 2 heterocycles. The fourth-order valence-electron chi connectivity index (χ4n) is 5.74. The number of rotatable bonds is 1. The summed E-state index contributed by atoms with van der Waals surface area (Å²) in [6.45, 7) is 0.887. The maximum Gasteiger partial charge on any atom is 0.165 e. The first-order valence-electron chi connectivity index (χ1n) is 8.27. The Hall–Kier alpha value is -1.30. The van der Waals surface area contributed by atoms with Crippen LogP contribution in [0.4, 0.5) is 0 Å². The highest BCUT2D eigenvalue weighted by atomic mass is 16.5. The Morgan fingerprint density at radius 1 is 1.36 bits per heavy atom. The number of aliphatic hydroxyl groups is 1. The zero-order chi connectivity index (χ0) is 15.1. The fourth-order valence-corrected chi connectivity index (χ4v) is 5.74. The van der Waals surface area contributed by atoms with Crippen molar-refractivity contribution in [3.8, 4) is 11.5 Å². The van der Waals surface area contributed by atoms with Crippen molar-refractivity contribution in [3.05, 3.63) is 23.3 Å². The monoisotopic (exact) mass is 302 g/mol. The number of piperidine rings is 1. The second-order valence-electron chi connectivity index (χ2n) is 7.28. The number of phenolic OH excluding ortho intramolecular Hbond substituents is 1. The average molecular weight is 302 g/mol. The van der Waals surface area contributed by atoms with Crippen LogP contribution in [0.1, 0.15) is 30.4 Å². The van der Waals surface area contributed by atoms with E-state index in [1.165, 1.54) is 5.56 Å². The third-order valence-corrected chi connectivity index (χ3v) is 6.66. The lowest BCUT2D eigenvalue weighted by Gasteiger charge is -2.61. The van der Waals surface area contributed by atoms with Crippen LogP contribution in [0.15, 0.2) is 12.1 Å². The molecular weight excluding hydrogens is 280 g/mol. The number of hydrogen-bond donors (Lipinski definition) is 4. The van der Waals surface area contributed by atoms with Crippen molar-refractivity contribution >= 4 is 0 Å². The summed E-state index contributed by atoms with van der Waals surface area (Å²) in [4.78, 5) is 0. The Labute approximate surface area is 129 Å². The number of ether oxygens (including phenoxy) is 1. The zero-order valence-corrected chi connectivity index (χ0v) is 12.7. The standard InChI is InChI=1S/C17H22N2O3/c1-18-10-4-5-17(21)12-8-9-2-3-11(20)14-13(9)16(17,6-7-19-12)15(10)22-14/h2-3,10,12,15,18-21H,4-8H2,1H3/t10-,12+,15-,16-,17+/m0/s1. The summed E-state index contributed by atoms with van der Waals surface area (Å²) < 4.78 is 6.28. The van der Waals surface area contributed by atoms with Gasteiger partial charge in [0.15, 0.2) is 11.5 Å². The van der Waals surface area contributed by atoms with Gasteiger partial charge in [-0.15, -0.1) is 0 Å². The van der Waals surface area contributed by atoms with E-state index >= 15 is 0 Å². The van der Waals surface area contributed by atoms with Crippen LogP contribution in [0.3, 0.4) is 0 Å². The molecule has 5 rings (SSSR count). The number of aromatic hydroxyl groups is 1. The number of hydrogen-bond acceptors (Lipinski definition) is 5. The molecule has 0 unspecified atom stereocenters. The SMILES string of the molecule is CN[C@H]1CC[C@@]2(O)[C@H]3Cc4ccc(O)c5c4[C@@]2(CCN3)[C@H]1O5. The van der Waals surface area contributed by atoms with Crippen molar-refractivity contribution in [2.75, 3.05) is 13.6 Å². The van der Waals surface area contributed by atoms with Gasteiger partial charge in [0.05, 0.1) is 11.0 Å². The van der Waals surface area contributed by atoms with Crippen LogP contribution in [0.5, 0.6) is 11.5 Å². The van der Waals surface area contributed by atoms with Gasteiger partial charge in [0.1, 0.15) is 6.10 Å². The molecule has 2 aliphatic carbocycles. The van der Waals surface area contributed by atoms with E-state index in [-0.39, 0.29) is 23.9 Å². The lowest BCUT2D eigenvalue weighted by molar-refractivity contribution is -0.157. The highest BCUT2D eigenvalue weighted by Gasteiger charge is 2.71. The Kier molecular flexibility index (Phi) is 2.37. The average Bonchev–Trinajstić information content (AvgIpc) is 2.84. The number of nitrogens with one attached hydrogen (secondary N) is 2. The summed E-state index contributed by atoms with van der Waals surface area (Å²) >= 11 is 0. The number of benzene rings is 1. The van der Waals surface area contributed by atoms with E-state index in [1.807, 2.05) is 13.1 Å². The van der Waals surface area contributed by atoms with Crippen LogP contribution in [0.2, 0.25) is 0 Å². The first kappa shape index (κ1) is 13.2. The van der Waals surface area contributed by atoms with Crippen molar-refractivity contribution < 1.29 is 14.9 Å². The van der Waals surface area contributed by atoms with E-state index in [2.05, 4.69) is 10.6 Å². The molecule has 4 N–H and O–H groups in total. The van der Waals surface area contributed by atoms with E-state index in [0.29, 0.717) is 5.75 Å². The first-order valence-corrected chi connectivity index (χ1v) is 8.27. The minimum Gasteiger partial charge on any atom is -0.504 e. The van der Waals surface area contributed by atoms with Gasteiger partial charge in [-0.05, 0) is 50.9 Å². The molecule has 2 bridgehead atoms. The molecule has 0 aromatic heterocycles. The van der Waals surface area contributed by atoms with Gasteiger partial charge in [0, 0.05) is 17.6 Å². The second kappa shape index (κ2) is 3.96. The third-order valence-electron chi connectivity index (χ3n) is 6.66. The van der Waals surface area contributed by atoms with Crippen molar-refractivity contribution in [2.24, 2.45) is 0 Å². The Morgan fingerprint density at radius 2 is 2.23 bits per heavy atom. The fraction of sp³-hybridized carbons (Fsp3) is 0.647. The van der Waals surface area contributed by atoms with E-state index in [9.17, 15) is 10.2 Å². The van der Waals surface area contributed by atoms with Gasteiger partial charge >= 0.3 is 0 Å². The van der Waals surface area contributed by atoms with Crippen LogP contribution in [-0.4, -0.2) is 47.6 Å². The Bertz CT molecular complexity index is 664. The molecule has 2 aliphatic heterocycles. The smallest absolute Gasteiger partial charge is 0.165 e. The van der Waals surface area contributed by atoms with E-state index in [4.69, 9.17) is 4.74 Å². The summed E-state index contributed by atoms with van der Waals surface area (Å²) in [6, 6.07) is 4.02. The highest BCUT2D eigenvalue weighted by molar-refractivity contribution is 5.62. The molecule has 1 saturated carbocycles. The molecular formula is C17H22N2O3. The van der Waals surface area contributed by atoms with Crippen LogP contribution >= 0.6 is 0 Å². The Morgan fingerprint density at radius 3 is 3.05 bits per heavy atom. The van der Waals surface area contributed by atoms with Crippen molar-refractivity contribution in [2.45, 2.75) is 54.9 Å². The molecule has 1 spiro atoms. The van der Waals surface area contributed by atoms with Crippen molar-refractivity contribution in [1.29, 1.82) is 0 Å². The minimum absolute atomic E-state index is 0.0770. The van der Waals surface area contributed by atoms with E-state index < -0.39 is 11.0 Å². The van der Waals surface area contributed by atoms with E-state index in [1.54, 1.807) is 6.07 Å².